The number of aromatic nitrogens is 3. The molecule has 3 rings (SSSR count). The van der Waals surface area contributed by atoms with Gasteiger partial charge in [-0.2, -0.15) is 0 Å². The molecule has 0 atom stereocenters. The van der Waals surface area contributed by atoms with Crippen LogP contribution >= 0.6 is 23.4 Å². The third-order valence-electron chi connectivity index (χ3n) is 3.02. The topological polar surface area (TPSA) is 51.8 Å². The van der Waals surface area contributed by atoms with E-state index in [4.69, 9.17) is 16.0 Å². The average Bonchev–Trinajstić information content (AvgIpc) is 2.87. The van der Waals surface area contributed by atoms with Gasteiger partial charge in [0, 0.05) is 12.0 Å². The molecule has 0 radical (unpaired) electrons. The van der Waals surface area contributed by atoms with Crippen molar-refractivity contribution in [3.05, 3.63) is 40.8 Å². The lowest BCUT2D eigenvalue weighted by Crippen LogP contribution is -1.99. The highest BCUT2D eigenvalue weighted by molar-refractivity contribution is 7.99. The molecule has 0 saturated heterocycles. The van der Waals surface area contributed by atoms with Crippen molar-refractivity contribution in [3.63, 3.8) is 0 Å². The van der Waals surface area contributed by atoms with Crippen molar-refractivity contribution in [1.82, 2.24) is 15.0 Å². The molecule has 0 amide bonds. The fourth-order valence-electron chi connectivity index (χ4n) is 1.92. The highest BCUT2D eigenvalue weighted by atomic mass is 35.5. The molecule has 0 aliphatic carbocycles. The number of rotatable bonds is 4. The lowest BCUT2D eigenvalue weighted by molar-refractivity contribution is 0.489. The monoisotopic (exact) mass is 319 g/mol. The van der Waals surface area contributed by atoms with E-state index in [1.807, 2.05) is 31.2 Å². The number of halogens is 1. The molecule has 1 aromatic carbocycles. The van der Waals surface area contributed by atoms with Crippen LogP contribution < -0.4 is 0 Å². The summed E-state index contributed by atoms with van der Waals surface area (Å²) in [5.74, 6) is 0.756. The van der Waals surface area contributed by atoms with E-state index < -0.39 is 0 Å². The second kappa shape index (κ2) is 6.03. The van der Waals surface area contributed by atoms with Gasteiger partial charge in [0.05, 0.1) is 0 Å². The molecule has 4 nitrogen and oxygen atoms in total. The van der Waals surface area contributed by atoms with Crippen LogP contribution in [0.25, 0.3) is 11.1 Å². The molecule has 0 bridgehead atoms. The van der Waals surface area contributed by atoms with Crippen LogP contribution in [0.15, 0.2) is 38.9 Å². The van der Waals surface area contributed by atoms with E-state index in [-0.39, 0.29) is 0 Å². The van der Waals surface area contributed by atoms with Crippen LogP contribution in [0.3, 0.4) is 0 Å². The maximum absolute atomic E-state index is 6.18. The van der Waals surface area contributed by atoms with Crippen LogP contribution in [0.2, 0.25) is 5.15 Å². The minimum absolute atomic E-state index is 0.493. The Bertz CT molecular complexity index is 755. The summed E-state index contributed by atoms with van der Waals surface area (Å²) in [6, 6.07) is 7.68. The summed E-state index contributed by atoms with van der Waals surface area (Å²) in [6.45, 7) is 3.99. The zero-order valence-electron chi connectivity index (χ0n) is 11.8. The highest BCUT2D eigenvalue weighted by Crippen LogP contribution is 2.32. The number of aryl methyl sites for hydroxylation is 1. The van der Waals surface area contributed by atoms with Gasteiger partial charge in [-0.25, -0.2) is 15.0 Å². The van der Waals surface area contributed by atoms with Crippen LogP contribution in [-0.2, 0) is 6.42 Å². The number of benzene rings is 1. The summed E-state index contributed by atoms with van der Waals surface area (Å²) in [6.07, 6.45) is 1.79. The predicted molar refractivity (Wildman–Crippen MR) is 83.9 cm³/mol. The molecular formula is C15H14ClN3OS. The van der Waals surface area contributed by atoms with E-state index in [0.717, 1.165) is 40.4 Å². The van der Waals surface area contributed by atoms with Gasteiger partial charge in [0.2, 0.25) is 0 Å². The number of para-hydroxylation sites is 2. The molecule has 0 aliphatic heterocycles. The first-order chi connectivity index (χ1) is 10.2. The van der Waals surface area contributed by atoms with Crippen molar-refractivity contribution >= 4 is 34.5 Å². The van der Waals surface area contributed by atoms with Gasteiger partial charge in [-0.1, -0.05) is 30.7 Å². The van der Waals surface area contributed by atoms with Gasteiger partial charge in [0.1, 0.15) is 21.5 Å². The van der Waals surface area contributed by atoms with Crippen molar-refractivity contribution in [3.8, 4) is 0 Å². The molecular weight excluding hydrogens is 306 g/mol. The van der Waals surface area contributed by atoms with Gasteiger partial charge >= 0.3 is 0 Å². The molecule has 0 saturated carbocycles. The Morgan fingerprint density at radius 3 is 2.76 bits per heavy atom. The van der Waals surface area contributed by atoms with Crippen molar-refractivity contribution in [1.29, 1.82) is 0 Å². The van der Waals surface area contributed by atoms with Gasteiger partial charge < -0.3 is 4.42 Å². The predicted octanol–water partition coefficient (Wildman–Crippen LogP) is 4.68. The zero-order chi connectivity index (χ0) is 14.8. The molecule has 3 aromatic rings. The smallest absolute Gasteiger partial charge is 0.263 e. The molecule has 108 valence electrons. The van der Waals surface area contributed by atoms with Crippen LogP contribution in [-0.4, -0.2) is 15.0 Å². The van der Waals surface area contributed by atoms with Gasteiger partial charge in [-0.15, -0.1) is 0 Å². The summed E-state index contributed by atoms with van der Waals surface area (Å²) in [7, 11) is 0. The Hall–Kier alpha value is -1.59. The molecule has 0 fully saturated rings. The largest absolute Gasteiger partial charge is 0.431 e. The van der Waals surface area contributed by atoms with E-state index in [1.165, 1.54) is 11.8 Å². The molecule has 0 aliphatic rings. The summed E-state index contributed by atoms with van der Waals surface area (Å²) >= 11 is 7.56. The second-order valence-electron chi connectivity index (χ2n) is 4.66. The Morgan fingerprint density at radius 1 is 1.19 bits per heavy atom. The summed E-state index contributed by atoms with van der Waals surface area (Å²) < 4.78 is 5.72. The van der Waals surface area contributed by atoms with Crippen LogP contribution in [0.4, 0.5) is 0 Å². The Balaban J connectivity index is 1.96. The molecule has 0 N–H and O–H groups in total. The summed E-state index contributed by atoms with van der Waals surface area (Å²) in [4.78, 5) is 13.3. The molecule has 6 heteroatoms. The molecule has 0 unspecified atom stereocenters. The minimum atomic E-state index is 0.493. The second-order valence-corrected chi connectivity index (χ2v) is 5.96. The first-order valence-electron chi connectivity index (χ1n) is 6.74. The Labute approximate surface area is 132 Å². The van der Waals surface area contributed by atoms with E-state index in [0.29, 0.717) is 10.4 Å². The normalized spacial score (nSPS) is 11.2. The third-order valence-corrected chi connectivity index (χ3v) is 4.33. The Kier molecular flexibility index (Phi) is 4.12. The molecule has 0 spiro atoms. The zero-order valence-corrected chi connectivity index (χ0v) is 13.3. The molecule has 2 aromatic heterocycles. The van der Waals surface area contributed by atoms with E-state index in [2.05, 4.69) is 21.9 Å². The minimum Gasteiger partial charge on any atom is -0.431 e. The maximum Gasteiger partial charge on any atom is 0.263 e. The third kappa shape index (κ3) is 3.04. The fourth-order valence-corrected chi connectivity index (χ4v) is 3.01. The first-order valence-corrected chi connectivity index (χ1v) is 7.93. The van der Waals surface area contributed by atoms with Crippen molar-refractivity contribution in [2.45, 2.75) is 36.9 Å². The quantitative estimate of drug-likeness (QED) is 0.653. The maximum atomic E-state index is 6.18. The van der Waals surface area contributed by atoms with Crippen molar-refractivity contribution in [2.75, 3.05) is 0 Å². The molecule has 2 heterocycles. The van der Waals surface area contributed by atoms with Gasteiger partial charge in [-0.3, -0.25) is 0 Å². The van der Waals surface area contributed by atoms with Gasteiger partial charge in [0.15, 0.2) is 5.58 Å². The number of fused-ring (bicyclic) bond motifs is 1. The van der Waals surface area contributed by atoms with E-state index in [9.17, 15) is 0 Å². The fraction of sp³-hybridized carbons (Fsp3) is 0.267. The summed E-state index contributed by atoms with van der Waals surface area (Å²) in [5.41, 5.74) is 2.46. The number of oxazole rings is 1. The highest BCUT2D eigenvalue weighted by Gasteiger charge is 2.14. The van der Waals surface area contributed by atoms with Crippen molar-refractivity contribution < 1.29 is 4.42 Å². The number of hydrogen-bond acceptors (Lipinski definition) is 5. The van der Waals surface area contributed by atoms with E-state index in [1.54, 1.807) is 0 Å². The molecule has 21 heavy (non-hydrogen) atoms. The SMILES string of the molecule is CCCc1nc(Cl)c(C)c(Sc2nc3ccccc3o2)n1. The lowest BCUT2D eigenvalue weighted by atomic mass is 10.3. The number of hydrogen-bond donors (Lipinski definition) is 0. The van der Waals surface area contributed by atoms with Gasteiger partial charge in [-0.05, 0) is 37.2 Å². The van der Waals surface area contributed by atoms with Crippen molar-refractivity contribution in [2.24, 2.45) is 0 Å². The first kappa shape index (κ1) is 14.4. The van der Waals surface area contributed by atoms with Gasteiger partial charge in [0.25, 0.3) is 5.22 Å². The Morgan fingerprint density at radius 2 is 2.00 bits per heavy atom. The van der Waals surface area contributed by atoms with E-state index >= 15 is 0 Å². The summed E-state index contributed by atoms with van der Waals surface area (Å²) in [5, 5.41) is 1.86. The number of nitrogens with zero attached hydrogens (tertiary/aromatic N) is 3. The lowest BCUT2D eigenvalue weighted by Gasteiger charge is -2.06. The van der Waals surface area contributed by atoms with Crippen LogP contribution in [0.1, 0.15) is 24.7 Å². The van der Waals surface area contributed by atoms with Crippen LogP contribution in [0, 0.1) is 6.92 Å². The van der Waals surface area contributed by atoms with Crippen LogP contribution in [0.5, 0.6) is 0 Å². The average molecular weight is 320 g/mol. The standard InChI is InChI=1S/C15H14ClN3OS/c1-3-6-12-18-13(16)9(2)14(19-12)21-15-17-10-7-4-5-8-11(10)20-15/h4-5,7-8H,3,6H2,1-2H3.